The lowest BCUT2D eigenvalue weighted by atomic mass is 10.0. The molecule has 64 valence electrons. The third-order valence-corrected chi connectivity index (χ3v) is 2.48. The Morgan fingerprint density at radius 3 is 2.92 bits per heavy atom. The summed E-state index contributed by atoms with van der Waals surface area (Å²) < 4.78 is 1.79. The molecule has 0 amide bonds. The van der Waals surface area contributed by atoms with Gasteiger partial charge in [0.15, 0.2) is 0 Å². The molecule has 1 saturated carbocycles. The van der Waals surface area contributed by atoms with Gasteiger partial charge in [0.2, 0.25) is 0 Å². The van der Waals surface area contributed by atoms with Crippen LogP contribution in [0.2, 0.25) is 0 Å². The summed E-state index contributed by atoms with van der Waals surface area (Å²) in [5.41, 5.74) is 1.05. The largest absolute Gasteiger partial charge is 0.303 e. The quantitative estimate of drug-likeness (QED) is 0.627. The first-order valence-corrected chi connectivity index (χ1v) is 4.26. The van der Waals surface area contributed by atoms with Gasteiger partial charge in [-0.05, 0) is 24.8 Å². The maximum absolute atomic E-state index is 10.8. The summed E-state index contributed by atoms with van der Waals surface area (Å²) in [7, 11) is 1.88. The van der Waals surface area contributed by atoms with Crippen molar-refractivity contribution in [3.8, 4) is 0 Å². The zero-order chi connectivity index (χ0) is 8.55. The molecular formula is C9H12N2O. The van der Waals surface area contributed by atoms with Crippen molar-refractivity contribution >= 4 is 6.29 Å². The second kappa shape index (κ2) is 2.73. The van der Waals surface area contributed by atoms with Crippen molar-refractivity contribution in [1.29, 1.82) is 0 Å². The average molecular weight is 164 g/mol. The van der Waals surface area contributed by atoms with Gasteiger partial charge in [0.05, 0.1) is 5.92 Å². The number of carbonyl (C=O) groups is 1. The predicted octanol–water partition coefficient (Wildman–Crippen LogP) is 1.11. The van der Waals surface area contributed by atoms with E-state index in [1.807, 2.05) is 13.1 Å². The van der Waals surface area contributed by atoms with E-state index in [4.69, 9.17) is 0 Å². The van der Waals surface area contributed by atoms with Crippen molar-refractivity contribution in [3.05, 3.63) is 18.0 Å². The number of nitrogens with zero attached hydrogens (tertiary/aromatic N) is 2. The topological polar surface area (TPSA) is 34.9 Å². The van der Waals surface area contributed by atoms with Gasteiger partial charge in [-0.2, -0.15) is 5.10 Å². The highest BCUT2D eigenvalue weighted by molar-refractivity contribution is 5.62. The van der Waals surface area contributed by atoms with Crippen molar-refractivity contribution < 1.29 is 4.79 Å². The van der Waals surface area contributed by atoms with Crippen molar-refractivity contribution in [2.75, 3.05) is 0 Å². The van der Waals surface area contributed by atoms with E-state index in [-0.39, 0.29) is 5.92 Å². The standard InChI is InChI=1S/C9H12N2O/c1-11-9(4-5-10-11)8(6-12)7-2-3-7/h4-8H,2-3H2,1H3. The minimum Gasteiger partial charge on any atom is -0.303 e. The summed E-state index contributed by atoms with van der Waals surface area (Å²) in [4.78, 5) is 10.8. The molecule has 0 N–H and O–H groups in total. The van der Waals surface area contributed by atoms with Gasteiger partial charge in [0.1, 0.15) is 6.29 Å². The summed E-state index contributed by atoms with van der Waals surface area (Å²) in [5, 5.41) is 4.05. The average Bonchev–Trinajstić information content (AvgIpc) is 2.80. The van der Waals surface area contributed by atoms with E-state index in [1.54, 1.807) is 10.9 Å². The zero-order valence-electron chi connectivity index (χ0n) is 7.10. The molecule has 0 saturated heterocycles. The number of rotatable bonds is 3. The second-order valence-corrected chi connectivity index (χ2v) is 3.38. The minimum atomic E-state index is 0.0810. The molecule has 12 heavy (non-hydrogen) atoms. The molecule has 2 rings (SSSR count). The van der Waals surface area contributed by atoms with Crippen molar-refractivity contribution in [2.24, 2.45) is 13.0 Å². The molecule has 0 bridgehead atoms. The third kappa shape index (κ3) is 1.15. The van der Waals surface area contributed by atoms with Gasteiger partial charge >= 0.3 is 0 Å². The lowest BCUT2D eigenvalue weighted by molar-refractivity contribution is -0.109. The molecule has 3 heteroatoms. The number of hydrogen-bond acceptors (Lipinski definition) is 2. The number of aromatic nitrogens is 2. The van der Waals surface area contributed by atoms with Gasteiger partial charge in [-0.3, -0.25) is 4.68 Å². The van der Waals surface area contributed by atoms with Gasteiger partial charge < -0.3 is 4.79 Å². The summed E-state index contributed by atoms with van der Waals surface area (Å²) in [6, 6.07) is 1.93. The summed E-state index contributed by atoms with van der Waals surface area (Å²) >= 11 is 0. The lowest BCUT2D eigenvalue weighted by Gasteiger charge is -2.07. The number of aryl methyl sites for hydroxylation is 1. The van der Waals surface area contributed by atoms with Crippen LogP contribution in [0.15, 0.2) is 12.3 Å². The van der Waals surface area contributed by atoms with Crippen molar-refractivity contribution in [2.45, 2.75) is 18.8 Å². The Hall–Kier alpha value is -1.12. The SMILES string of the molecule is Cn1nccc1C(C=O)C1CC1. The predicted molar refractivity (Wildman–Crippen MR) is 44.7 cm³/mol. The molecule has 3 nitrogen and oxygen atoms in total. The third-order valence-electron chi connectivity index (χ3n) is 2.48. The molecule has 0 spiro atoms. The fraction of sp³-hybridized carbons (Fsp3) is 0.556. The summed E-state index contributed by atoms with van der Waals surface area (Å²) in [6.07, 6.45) is 5.17. The van der Waals surface area contributed by atoms with Crippen LogP contribution >= 0.6 is 0 Å². The smallest absolute Gasteiger partial charge is 0.129 e. The van der Waals surface area contributed by atoms with E-state index in [0.29, 0.717) is 5.92 Å². The van der Waals surface area contributed by atoms with Crippen LogP contribution in [-0.2, 0) is 11.8 Å². The first-order chi connectivity index (χ1) is 5.83. The van der Waals surface area contributed by atoms with E-state index in [2.05, 4.69) is 5.10 Å². The van der Waals surface area contributed by atoms with Crippen LogP contribution in [0.3, 0.4) is 0 Å². The number of hydrogen-bond donors (Lipinski definition) is 0. The molecular weight excluding hydrogens is 152 g/mol. The highest BCUT2D eigenvalue weighted by atomic mass is 16.1. The van der Waals surface area contributed by atoms with Crippen LogP contribution < -0.4 is 0 Å². The Morgan fingerprint density at radius 1 is 1.75 bits per heavy atom. The van der Waals surface area contributed by atoms with Gasteiger partial charge in [-0.1, -0.05) is 0 Å². The van der Waals surface area contributed by atoms with Gasteiger partial charge in [-0.25, -0.2) is 0 Å². The van der Waals surface area contributed by atoms with Gasteiger partial charge in [0.25, 0.3) is 0 Å². The van der Waals surface area contributed by atoms with Crippen LogP contribution in [0.25, 0.3) is 0 Å². The monoisotopic (exact) mass is 164 g/mol. The normalized spacial score (nSPS) is 19.1. The molecule has 1 aromatic heterocycles. The van der Waals surface area contributed by atoms with Crippen LogP contribution in [-0.4, -0.2) is 16.1 Å². The zero-order valence-corrected chi connectivity index (χ0v) is 7.10. The lowest BCUT2D eigenvalue weighted by Crippen LogP contribution is -2.08. The van der Waals surface area contributed by atoms with Crippen LogP contribution in [0.4, 0.5) is 0 Å². The molecule has 1 aliphatic carbocycles. The Kier molecular flexibility index (Phi) is 1.71. The highest BCUT2D eigenvalue weighted by Crippen LogP contribution is 2.40. The summed E-state index contributed by atoms with van der Waals surface area (Å²) in [5.74, 6) is 0.662. The van der Waals surface area contributed by atoms with Crippen LogP contribution in [0.5, 0.6) is 0 Å². The Labute approximate surface area is 71.4 Å². The van der Waals surface area contributed by atoms with E-state index in [0.717, 1.165) is 12.0 Å². The minimum absolute atomic E-state index is 0.0810. The Balaban J connectivity index is 2.26. The van der Waals surface area contributed by atoms with Gasteiger partial charge in [-0.15, -0.1) is 0 Å². The molecule has 0 aromatic carbocycles. The van der Waals surface area contributed by atoms with Gasteiger partial charge in [0, 0.05) is 18.9 Å². The second-order valence-electron chi connectivity index (χ2n) is 3.38. The Bertz CT molecular complexity index is 288. The van der Waals surface area contributed by atoms with Crippen LogP contribution in [0.1, 0.15) is 24.5 Å². The summed E-state index contributed by atoms with van der Waals surface area (Å²) in [6.45, 7) is 0. The first kappa shape index (κ1) is 7.53. The fourth-order valence-electron chi connectivity index (χ4n) is 1.59. The van der Waals surface area contributed by atoms with Crippen molar-refractivity contribution in [3.63, 3.8) is 0 Å². The van der Waals surface area contributed by atoms with E-state index in [1.165, 1.54) is 12.8 Å². The molecule has 1 fully saturated rings. The maximum atomic E-state index is 10.8. The molecule has 1 aliphatic rings. The highest BCUT2D eigenvalue weighted by Gasteiger charge is 2.33. The maximum Gasteiger partial charge on any atom is 0.129 e. The Morgan fingerprint density at radius 2 is 2.50 bits per heavy atom. The fourth-order valence-corrected chi connectivity index (χ4v) is 1.59. The first-order valence-electron chi connectivity index (χ1n) is 4.26. The molecule has 0 aliphatic heterocycles. The van der Waals surface area contributed by atoms with Crippen LogP contribution in [0, 0.1) is 5.92 Å². The van der Waals surface area contributed by atoms with E-state index >= 15 is 0 Å². The number of aldehydes is 1. The van der Waals surface area contributed by atoms with E-state index in [9.17, 15) is 4.79 Å². The molecule has 1 heterocycles. The van der Waals surface area contributed by atoms with E-state index < -0.39 is 0 Å². The number of carbonyl (C=O) groups excluding carboxylic acids is 1. The molecule has 1 unspecified atom stereocenters. The molecule has 1 aromatic rings. The van der Waals surface area contributed by atoms with Crippen molar-refractivity contribution in [1.82, 2.24) is 9.78 Å². The molecule has 0 radical (unpaired) electrons. The molecule has 1 atom stereocenters.